The first-order valence-corrected chi connectivity index (χ1v) is 8.56. The quantitative estimate of drug-likeness (QED) is 0.840. The van der Waals surface area contributed by atoms with Crippen LogP contribution in [0.5, 0.6) is 0 Å². The summed E-state index contributed by atoms with van der Waals surface area (Å²) in [6.45, 7) is 2.35. The van der Waals surface area contributed by atoms with Gasteiger partial charge in [-0.05, 0) is 69.7 Å². The van der Waals surface area contributed by atoms with Gasteiger partial charge in [-0.25, -0.2) is 0 Å². The molecule has 110 valence electrons. The zero-order chi connectivity index (χ0) is 13.5. The van der Waals surface area contributed by atoms with Crippen molar-refractivity contribution >= 4 is 0 Å². The van der Waals surface area contributed by atoms with Crippen LogP contribution in [0.25, 0.3) is 0 Å². The SMILES string of the molecule is CCC(C1CC1)N(C)C1CC(O)CCC12CCCC2. The van der Waals surface area contributed by atoms with Crippen molar-refractivity contribution in [2.75, 3.05) is 7.05 Å². The molecule has 0 amide bonds. The van der Waals surface area contributed by atoms with E-state index in [9.17, 15) is 5.11 Å². The topological polar surface area (TPSA) is 23.5 Å². The lowest BCUT2D eigenvalue weighted by molar-refractivity contribution is -0.0359. The van der Waals surface area contributed by atoms with Gasteiger partial charge in [-0.3, -0.25) is 4.90 Å². The molecule has 0 radical (unpaired) electrons. The molecular weight excluding hydrogens is 234 g/mol. The van der Waals surface area contributed by atoms with Crippen LogP contribution in [0, 0.1) is 11.3 Å². The minimum atomic E-state index is -0.0459. The summed E-state index contributed by atoms with van der Waals surface area (Å²) in [5.41, 5.74) is 0.552. The molecule has 0 aromatic rings. The smallest absolute Gasteiger partial charge is 0.0555 e. The Labute approximate surface area is 118 Å². The first-order valence-electron chi connectivity index (χ1n) is 8.56. The predicted octanol–water partition coefficient (Wildman–Crippen LogP) is 3.58. The Bertz CT molecular complexity index is 306. The van der Waals surface area contributed by atoms with Crippen molar-refractivity contribution in [1.29, 1.82) is 0 Å². The highest BCUT2D eigenvalue weighted by Crippen LogP contribution is 2.52. The molecule has 1 spiro atoms. The second-order valence-electron chi connectivity index (χ2n) is 7.49. The van der Waals surface area contributed by atoms with Gasteiger partial charge >= 0.3 is 0 Å². The fourth-order valence-electron chi connectivity index (χ4n) is 5.17. The molecule has 0 saturated heterocycles. The lowest BCUT2D eigenvalue weighted by Crippen LogP contribution is -2.53. The molecule has 0 bridgehead atoms. The maximum atomic E-state index is 10.2. The largest absolute Gasteiger partial charge is 0.393 e. The molecule has 1 N–H and O–H groups in total. The molecule has 2 nitrogen and oxygen atoms in total. The van der Waals surface area contributed by atoms with Gasteiger partial charge in [0.1, 0.15) is 0 Å². The van der Waals surface area contributed by atoms with Gasteiger partial charge in [-0.1, -0.05) is 19.8 Å². The Kier molecular flexibility index (Phi) is 3.92. The molecule has 0 aliphatic heterocycles. The molecule has 0 aromatic heterocycles. The third-order valence-corrected chi connectivity index (χ3v) is 6.38. The van der Waals surface area contributed by atoms with Crippen LogP contribution in [0.3, 0.4) is 0 Å². The van der Waals surface area contributed by atoms with E-state index in [0.29, 0.717) is 11.5 Å². The fraction of sp³-hybridized carbons (Fsp3) is 1.00. The molecule has 3 atom stereocenters. The first-order chi connectivity index (χ1) is 9.16. The molecule has 2 heteroatoms. The van der Waals surface area contributed by atoms with Gasteiger partial charge in [0.15, 0.2) is 0 Å². The Morgan fingerprint density at radius 1 is 1.16 bits per heavy atom. The van der Waals surface area contributed by atoms with E-state index < -0.39 is 0 Å². The molecular formula is C17H31NO. The van der Waals surface area contributed by atoms with Gasteiger partial charge in [0.25, 0.3) is 0 Å². The van der Waals surface area contributed by atoms with Crippen molar-refractivity contribution in [3.8, 4) is 0 Å². The third kappa shape index (κ3) is 2.58. The van der Waals surface area contributed by atoms with Gasteiger partial charge in [0.05, 0.1) is 6.10 Å². The lowest BCUT2D eigenvalue weighted by Gasteiger charge is -2.50. The summed E-state index contributed by atoms with van der Waals surface area (Å²) in [6, 6.07) is 1.41. The lowest BCUT2D eigenvalue weighted by atomic mass is 9.67. The molecule has 3 fully saturated rings. The van der Waals surface area contributed by atoms with Crippen molar-refractivity contribution in [2.24, 2.45) is 11.3 Å². The molecule has 3 rings (SSSR count). The minimum Gasteiger partial charge on any atom is -0.393 e. The first kappa shape index (κ1) is 13.9. The highest BCUT2D eigenvalue weighted by atomic mass is 16.3. The van der Waals surface area contributed by atoms with Crippen LogP contribution in [0.1, 0.15) is 71.1 Å². The summed E-state index contributed by atoms with van der Waals surface area (Å²) in [7, 11) is 2.36. The van der Waals surface area contributed by atoms with Crippen molar-refractivity contribution in [3.63, 3.8) is 0 Å². The van der Waals surface area contributed by atoms with E-state index in [1.165, 1.54) is 51.4 Å². The van der Waals surface area contributed by atoms with Crippen molar-refractivity contribution in [3.05, 3.63) is 0 Å². The molecule has 3 saturated carbocycles. The molecule has 0 heterocycles. The number of rotatable bonds is 4. The number of nitrogens with zero attached hydrogens (tertiary/aromatic N) is 1. The number of aliphatic hydroxyl groups is 1. The molecule has 19 heavy (non-hydrogen) atoms. The van der Waals surface area contributed by atoms with E-state index in [1.54, 1.807) is 0 Å². The third-order valence-electron chi connectivity index (χ3n) is 6.38. The van der Waals surface area contributed by atoms with Crippen LogP contribution < -0.4 is 0 Å². The number of aliphatic hydroxyl groups excluding tert-OH is 1. The van der Waals surface area contributed by atoms with E-state index >= 15 is 0 Å². The Hall–Kier alpha value is -0.0800. The van der Waals surface area contributed by atoms with Crippen LogP contribution in [-0.2, 0) is 0 Å². The second kappa shape index (κ2) is 5.37. The minimum absolute atomic E-state index is 0.0459. The second-order valence-corrected chi connectivity index (χ2v) is 7.49. The monoisotopic (exact) mass is 265 g/mol. The standard InChI is InChI=1S/C17H31NO/c1-3-15(13-6-7-13)18(2)16-12-14(19)8-11-17(16)9-4-5-10-17/h13-16,19H,3-12H2,1-2H3. The van der Waals surface area contributed by atoms with E-state index in [-0.39, 0.29) is 6.10 Å². The van der Waals surface area contributed by atoms with Gasteiger partial charge < -0.3 is 5.11 Å². The zero-order valence-electron chi connectivity index (χ0n) is 12.8. The van der Waals surface area contributed by atoms with Crippen LogP contribution in [0.2, 0.25) is 0 Å². The van der Waals surface area contributed by atoms with Gasteiger partial charge in [-0.15, -0.1) is 0 Å². The highest BCUT2D eigenvalue weighted by molar-refractivity contribution is 5.02. The average Bonchev–Trinajstić information content (AvgIpc) is 3.13. The number of hydrogen-bond acceptors (Lipinski definition) is 2. The summed E-state index contributed by atoms with van der Waals surface area (Å²) >= 11 is 0. The molecule has 3 aliphatic rings. The summed E-state index contributed by atoms with van der Waals surface area (Å²) < 4.78 is 0. The Morgan fingerprint density at radius 2 is 1.84 bits per heavy atom. The van der Waals surface area contributed by atoms with E-state index in [0.717, 1.165) is 24.8 Å². The highest BCUT2D eigenvalue weighted by Gasteiger charge is 2.48. The van der Waals surface area contributed by atoms with Crippen molar-refractivity contribution in [2.45, 2.75) is 89.3 Å². The average molecular weight is 265 g/mol. The maximum absolute atomic E-state index is 10.2. The van der Waals surface area contributed by atoms with E-state index in [4.69, 9.17) is 0 Å². The van der Waals surface area contributed by atoms with Crippen LogP contribution in [0.4, 0.5) is 0 Å². The normalized spacial score (nSPS) is 36.0. The predicted molar refractivity (Wildman–Crippen MR) is 79.1 cm³/mol. The summed E-state index contributed by atoms with van der Waals surface area (Å²) in [5.74, 6) is 0.951. The van der Waals surface area contributed by atoms with Crippen LogP contribution in [0.15, 0.2) is 0 Å². The molecule has 3 unspecified atom stereocenters. The summed E-state index contributed by atoms with van der Waals surface area (Å²) in [4.78, 5) is 2.70. The van der Waals surface area contributed by atoms with Crippen molar-refractivity contribution < 1.29 is 5.11 Å². The van der Waals surface area contributed by atoms with Crippen LogP contribution in [-0.4, -0.2) is 35.2 Å². The number of hydrogen-bond donors (Lipinski definition) is 1. The fourth-order valence-corrected chi connectivity index (χ4v) is 5.17. The zero-order valence-corrected chi connectivity index (χ0v) is 12.8. The Balaban J connectivity index is 1.77. The van der Waals surface area contributed by atoms with E-state index in [2.05, 4.69) is 18.9 Å². The molecule has 0 aromatic carbocycles. The van der Waals surface area contributed by atoms with Gasteiger partial charge in [0, 0.05) is 12.1 Å². The van der Waals surface area contributed by atoms with E-state index in [1.807, 2.05) is 0 Å². The van der Waals surface area contributed by atoms with Gasteiger partial charge in [-0.2, -0.15) is 0 Å². The van der Waals surface area contributed by atoms with Gasteiger partial charge in [0.2, 0.25) is 0 Å². The Morgan fingerprint density at radius 3 is 2.42 bits per heavy atom. The van der Waals surface area contributed by atoms with Crippen molar-refractivity contribution in [1.82, 2.24) is 4.90 Å². The molecule has 3 aliphatic carbocycles. The maximum Gasteiger partial charge on any atom is 0.0555 e. The summed E-state index contributed by atoms with van der Waals surface area (Å²) in [5, 5.41) is 10.2. The van der Waals surface area contributed by atoms with Crippen LogP contribution >= 0.6 is 0 Å². The summed E-state index contributed by atoms with van der Waals surface area (Å²) in [6.07, 6.45) is 13.1.